The zero-order valence-electron chi connectivity index (χ0n) is 27.4. The second-order valence-electron chi connectivity index (χ2n) is 13.3. The van der Waals surface area contributed by atoms with Gasteiger partial charge in [0.05, 0.1) is 18.8 Å². The maximum Gasteiger partial charge on any atom is 0.408 e. The van der Waals surface area contributed by atoms with Gasteiger partial charge in [-0.15, -0.1) is 0 Å². The lowest BCUT2D eigenvalue weighted by molar-refractivity contribution is -0.146. The van der Waals surface area contributed by atoms with Crippen molar-refractivity contribution < 1.29 is 38.2 Å². The normalized spacial score (nSPS) is 19.9. The summed E-state index contributed by atoms with van der Waals surface area (Å²) in [6.45, 7) is 7.21. The molecular formula is C34H51N3O8. The van der Waals surface area contributed by atoms with E-state index in [1.54, 1.807) is 6.92 Å². The van der Waals surface area contributed by atoms with Gasteiger partial charge in [0.2, 0.25) is 11.8 Å². The number of ketones is 1. The van der Waals surface area contributed by atoms with Crippen LogP contribution >= 0.6 is 0 Å². The molecule has 2 aliphatic rings. The molecule has 5 atom stereocenters. The highest BCUT2D eigenvalue weighted by Crippen LogP contribution is 2.28. The third-order valence-electron chi connectivity index (χ3n) is 8.46. The minimum Gasteiger partial charge on any atom is -0.467 e. The number of benzene rings is 1. The molecule has 0 saturated heterocycles. The van der Waals surface area contributed by atoms with Crippen LogP contribution in [0.3, 0.4) is 0 Å². The number of hydrogen-bond acceptors (Lipinski definition) is 8. The lowest BCUT2D eigenvalue weighted by atomic mass is 9.84. The average molecular weight is 630 g/mol. The molecule has 3 N–H and O–H groups in total. The molecular weight excluding hydrogens is 578 g/mol. The minimum atomic E-state index is -1.18. The molecule has 0 aromatic heterocycles. The standard InChI is InChI=1S/C34H51N3O8/c1-22(45-34(2,3)4)29(37-33(42)44-21-24-15-10-7-11-16-24)31(40)35-26(19-23-13-8-6-9-14-23)30(39)36-27(32(41)43-5)20-25-17-12-18-28(25)38/h7,10-11,15-16,22-23,25-27,29H,6,8-9,12-14,17-21H2,1-5H3,(H,35,40)(H,36,39)(H,37,42)/t22?,25-,26-,27-,29-/m0/s1. The van der Waals surface area contributed by atoms with Crippen molar-refractivity contribution in [2.75, 3.05) is 7.11 Å². The van der Waals surface area contributed by atoms with Crippen LogP contribution in [0.25, 0.3) is 0 Å². The maximum atomic E-state index is 13.9. The van der Waals surface area contributed by atoms with Gasteiger partial charge in [-0.2, -0.15) is 0 Å². The van der Waals surface area contributed by atoms with Gasteiger partial charge in [-0.1, -0.05) is 62.4 Å². The van der Waals surface area contributed by atoms with Crippen molar-refractivity contribution in [2.24, 2.45) is 11.8 Å². The van der Waals surface area contributed by atoms with Crippen molar-refractivity contribution in [3.63, 3.8) is 0 Å². The van der Waals surface area contributed by atoms with E-state index in [4.69, 9.17) is 14.2 Å². The summed E-state index contributed by atoms with van der Waals surface area (Å²) in [7, 11) is 1.24. The van der Waals surface area contributed by atoms with Gasteiger partial charge in [0.1, 0.15) is 30.5 Å². The van der Waals surface area contributed by atoms with Crippen molar-refractivity contribution in [3.05, 3.63) is 35.9 Å². The maximum absolute atomic E-state index is 13.9. The SMILES string of the molecule is COC(=O)[C@H](C[C@@H]1CCCC1=O)NC(=O)[C@H](CC1CCCCC1)NC(=O)[C@@H](NC(=O)OCc1ccccc1)C(C)OC(C)(C)C. The molecule has 1 unspecified atom stereocenters. The molecule has 45 heavy (non-hydrogen) atoms. The predicted octanol–water partition coefficient (Wildman–Crippen LogP) is 4.36. The van der Waals surface area contributed by atoms with Gasteiger partial charge < -0.3 is 30.2 Å². The summed E-state index contributed by atoms with van der Waals surface area (Å²) in [6, 6.07) is 5.98. The van der Waals surface area contributed by atoms with E-state index in [1.165, 1.54) is 7.11 Å². The number of hydrogen-bond donors (Lipinski definition) is 3. The van der Waals surface area contributed by atoms with Crippen molar-refractivity contribution in [3.8, 4) is 0 Å². The topological polar surface area (TPSA) is 149 Å². The van der Waals surface area contributed by atoms with E-state index in [0.29, 0.717) is 19.3 Å². The molecule has 0 heterocycles. The van der Waals surface area contributed by atoms with Crippen LogP contribution in [0.5, 0.6) is 0 Å². The molecule has 2 saturated carbocycles. The first-order chi connectivity index (χ1) is 21.4. The highest BCUT2D eigenvalue weighted by Gasteiger charge is 2.37. The lowest BCUT2D eigenvalue weighted by Crippen LogP contribution is -2.59. The first-order valence-electron chi connectivity index (χ1n) is 16.2. The fourth-order valence-corrected chi connectivity index (χ4v) is 6.21. The van der Waals surface area contributed by atoms with Crippen molar-refractivity contribution in [1.29, 1.82) is 0 Å². The quantitative estimate of drug-likeness (QED) is 0.257. The molecule has 2 aliphatic carbocycles. The number of rotatable bonds is 14. The summed E-state index contributed by atoms with van der Waals surface area (Å²) in [6.07, 6.45) is 5.86. The second kappa shape index (κ2) is 17.3. The Labute approximate surface area is 266 Å². The van der Waals surface area contributed by atoms with E-state index < -0.39 is 53.7 Å². The lowest BCUT2D eigenvalue weighted by Gasteiger charge is -2.32. The molecule has 11 heteroatoms. The number of amides is 3. The minimum absolute atomic E-state index is 0.0145. The molecule has 250 valence electrons. The number of ether oxygens (including phenoxy) is 3. The van der Waals surface area contributed by atoms with E-state index in [2.05, 4.69) is 16.0 Å². The average Bonchev–Trinajstić information content (AvgIpc) is 3.41. The number of Topliss-reactive ketones (excluding diaryl/α,β-unsaturated/α-hetero) is 1. The Morgan fingerprint density at radius 2 is 1.53 bits per heavy atom. The molecule has 0 bridgehead atoms. The van der Waals surface area contributed by atoms with Gasteiger partial charge in [0, 0.05) is 12.3 Å². The molecule has 1 aromatic rings. The smallest absolute Gasteiger partial charge is 0.408 e. The summed E-state index contributed by atoms with van der Waals surface area (Å²) in [5, 5.41) is 8.26. The number of carbonyl (C=O) groups excluding carboxylic acids is 5. The van der Waals surface area contributed by atoms with Crippen molar-refractivity contribution >= 4 is 29.7 Å². The summed E-state index contributed by atoms with van der Waals surface area (Å²) >= 11 is 0. The van der Waals surface area contributed by atoms with Gasteiger partial charge >= 0.3 is 12.1 Å². The van der Waals surface area contributed by atoms with Crippen LogP contribution in [0.4, 0.5) is 4.79 Å². The highest BCUT2D eigenvalue weighted by atomic mass is 16.6. The molecule has 2 fully saturated rings. The fraction of sp³-hybridized carbons (Fsp3) is 0.676. The monoisotopic (exact) mass is 629 g/mol. The molecule has 0 aliphatic heterocycles. The van der Waals surface area contributed by atoms with Gasteiger partial charge in [0.15, 0.2) is 0 Å². The third-order valence-corrected chi connectivity index (χ3v) is 8.46. The summed E-state index contributed by atoms with van der Waals surface area (Å²) in [5.41, 5.74) is 0.161. The Bertz CT molecular complexity index is 1150. The van der Waals surface area contributed by atoms with Gasteiger partial charge in [-0.25, -0.2) is 9.59 Å². The van der Waals surface area contributed by atoms with Crippen LogP contribution in [-0.4, -0.2) is 66.6 Å². The zero-order valence-corrected chi connectivity index (χ0v) is 27.4. The summed E-state index contributed by atoms with van der Waals surface area (Å²) in [4.78, 5) is 65.5. The van der Waals surface area contributed by atoms with Crippen molar-refractivity contribution in [2.45, 2.75) is 128 Å². The Hall–Kier alpha value is -3.47. The second-order valence-corrected chi connectivity index (χ2v) is 13.3. The first kappa shape index (κ1) is 36.0. The Morgan fingerprint density at radius 1 is 0.867 bits per heavy atom. The number of alkyl carbamates (subject to hydrolysis) is 1. The number of nitrogens with one attached hydrogen (secondary N) is 3. The largest absolute Gasteiger partial charge is 0.467 e. The zero-order chi connectivity index (χ0) is 33.0. The Balaban J connectivity index is 1.78. The highest BCUT2D eigenvalue weighted by molar-refractivity contribution is 5.93. The Kier molecular flexibility index (Phi) is 13.8. The summed E-state index contributed by atoms with van der Waals surface area (Å²) < 4.78 is 16.4. The van der Waals surface area contributed by atoms with Gasteiger partial charge in [0.25, 0.3) is 0 Å². The number of esters is 1. The van der Waals surface area contributed by atoms with Crippen LogP contribution in [-0.2, 0) is 40.0 Å². The summed E-state index contributed by atoms with van der Waals surface area (Å²) in [5.74, 6) is -1.84. The molecule has 0 radical (unpaired) electrons. The van der Waals surface area contributed by atoms with Crippen molar-refractivity contribution in [1.82, 2.24) is 16.0 Å². The van der Waals surface area contributed by atoms with E-state index in [9.17, 15) is 24.0 Å². The van der Waals surface area contributed by atoms with E-state index >= 15 is 0 Å². The molecule has 3 amide bonds. The van der Waals surface area contributed by atoms with E-state index in [1.807, 2.05) is 51.1 Å². The molecule has 0 spiro atoms. The Morgan fingerprint density at radius 3 is 2.13 bits per heavy atom. The van der Waals surface area contributed by atoms with Gasteiger partial charge in [-0.05, 0) is 64.9 Å². The van der Waals surface area contributed by atoms with Crippen LogP contribution in [0.15, 0.2) is 30.3 Å². The number of methoxy groups -OCH3 is 1. The van der Waals surface area contributed by atoms with E-state index in [0.717, 1.165) is 44.1 Å². The molecule has 11 nitrogen and oxygen atoms in total. The van der Waals surface area contributed by atoms with Gasteiger partial charge in [-0.3, -0.25) is 14.4 Å². The number of carbonyl (C=O) groups is 5. The molecule has 1 aromatic carbocycles. The van der Waals surface area contributed by atoms with Crippen LogP contribution < -0.4 is 16.0 Å². The van der Waals surface area contributed by atoms with Crippen LogP contribution in [0.1, 0.15) is 97.5 Å². The third kappa shape index (κ3) is 12.1. The molecule has 3 rings (SSSR count). The van der Waals surface area contributed by atoms with Crippen LogP contribution in [0.2, 0.25) is 0 Å². The predicted molar refractivity (Wildman–Crippen MR) is 168 cm³/mol. The fourth-order valence-electron chi connectivity index (χ4n) is 6.21. The van der Waals surface area contributed by atoms with E-state index in [-0.39, 0.29) is 30.6 Å². The van der Waals surface area contributed by atoms with Crippen LogP contribution in [0, 0.1) is 11.8 Å². The first-order valence-corrected chi connectivity index (χ1v) is 16.2.